The van der Waals surface area contributed by atoms with Gasteiger partial charge in [0.15, 0.2) is 0 Å². The molecule has 3 nitrogen and oxygen atoms in total. The molecule has 0 amide bonds. The Labute approximate surface area is 400 Å². The Hall–Kier alpha value is -6.26. The molecule has 0 atom stereocenters. The van der Waals surface area contributed by atoms with Gasteiger partial charge in [-0.25, -0.2) is 0 Å². The second kappa shape index (κ2) is 14.4. The number of fused-ring (bicyclic) bond motifs is 8. The van der Waals surface area contributed by atoms with E-state index in [0.717, 1.165) is 11.4 Å². The van der Waals surface area contributed by atoms with Crippen LogP contribution in [0, 0.1) is 0 Å². The summed E-state index contributed by atoms with van der Waals surface area (Å²) in [7, 11) is 0. The maximum atomic E-state index is 2.79. The van der Waals surface area contributed by atoms with Gasteiger partial charge in [0.1, 0.15) is 0 Å². The summed E-state index contributed by atoms with van der Waals surface area (Å²) in [5.41, 5.74) is 23.1. The Bertz CT molecular complexity index is 3300. The molecule has 7 aromatic carbocycles. The molecule has 1 aromatic heterocycles. The van der Waals surface area contributed by atoms with Crippen molar-refractivity contribution in [3.8, 4) is 11.1 Å². The van der Waals surface area contributed by atoms with E-state index >= 15 is 0 Å². The molecular weight excluding hydrogens is 810 g/mol. The minimum atomic E-state index is -0.295. The molecule has 336 valence electrons. The van der Waals surface area contributed by atoms with E-state index in [4.69, 9.17) is 0 Å². The van der Waals surface area contributed by atoms with E-state index in [2.05, 4.69) is 257 Å². The lowest BCUT2D eigenvalue weighted by molar-refractivity contribution is 0.588. The molecule has 0 spiro atoms. The van der Waals surface area contributed by atoms with E-state index in [1.54, 1.807) is 0 Å². The Morgan fingerprint density at radius 1 is 0.493 bits per heavy atom. The zero-order chi connectivity index (χ0) is 47.3. The molecule has 3 heterocycles. The summed E-state index contributed by atoms with van der Waals surface area (Å²) in [6.45, 7) is 33.2. The quantitative estimate of drug-likeness (QED) is 0.163. The lowest BCUT2D eigenvalue weighted by atomic mass is 9.40. The predicted octanol–water partition coefficient (Wildman–Crippen LogP) is 16.6. The van der Waals surface area contributed by atoms with Gasteiger partial charge >= 0.3 is 6.85 Å². The highest BCUT2D eigenvalue weighted by molar-refractivity contribution is 6.85. The Kier molecular flexibility index (Phi) is 9.30. The van der Waals surface area contributed by atoms with Crippen molar-refractivity contribution in [3.63, 3.8) is 0 Å². The molecule has 0 N–H and O–H groups in total. The lowest BCUT2D eigenvalue weighted by Crippen LogP contribution is -2.52. The van der Waals surface area contributed by atoms with Gasteiger partial charge in [0.25, 0.3) is 0 Å². The third-order valence-electron chi connectivity index (χ3n) is 15.4. The van der Waals surface area contributed by atoms with Crippen molar-refractivity contribution in [1.82, 2.24) is 4.48 Å². The van der Waals surface area contributed by atoms with E-state index in [9.17, 15) is 0 Å². The number of hydrogen-bond acceptors (Lipinski definition) is 2. The van der Waals surface area contributed by atoms with E-state index in [1.807, 2.05) is 0 Å². The summed E-state index contributed by atoms with van der Waals surface area (Å²) < 4.78 is 2.79. The first-order valence-corrected chi connectivity index (χ1v) is 24.6. The van der Waals surface area contributed by atoms with Crippen molar-refractivity contribution >= 4 is 68.3 Å². The summed E-state index contributed by atoms with van der Waals surface area (Å²) in [5.74, 6) is 0. The summed E-state index contributed by atoms with van der Waals surface area (Å²) >= 11 is 0. The van der Waals surface area contributed by atoms with Gasteiger partial charge in [-0.1, -0.05) is 170 Å². The molecule has 8 aromatic rings. The van der Waals surface area contributed by atoms with Crippen LogP contribution in [0.4, 0.5) is 28.4 Å². The van der Waals surface area contributed by atoms with Crippen molar-refractivity contribution in [3.05, 3.63) is 184 Å². The van der Waals surface area contributed by atoms with Gasteiger partial charge in [-0.3, -0.25) is 0 Å². The van der Waals surface area contributed by atoms with Gasteiger partial charge in [0.2, 0.25) is 0 Å². The van der Waals surface area contributed by atoms with Crippen LogP contribution in [0.2, 0.25) is 0 Å². The Morgan fingerprint density at radius 2 is 1.03 bits per heavy atom. The zero-order valence-electron chi connectivity index (χ0n) is 42.3. The molecule has 0 radical (unpaired) electrons. The van der Waals surface area contributed by atoms with Crippen molar-refractivity contribution in [2.45, 2.75) is 124 Å². The first kappa shape index (κ1) is 43.3. The third kappa shape index (κ3) is 6.52. The first-order valence-electron chi connectivity index (χ1n) is 24.6. The molecule has 0 saturated heterocycles. The molecule has 3 aliphatic rings. The van der Waals surface area contributed by atoms with Gasteiger partial charge in [-0.05, 0) is 139 Å². The average Bonchev–Trinajstić information content (AvgIpc) is 3.73. The number of anilines is 5. The molecule has 11 rings (SSSR count). The van der Waals surface area contributed by atoms with Crippen LogP contribution in [-0.4, -0.2) is 11.3 Å². The monoisotopic (exact) mass is 876 g/mol. The number of rotatable bonds is 4. The molecule has 2 aliphatic heterocycles. The van der Waals surface area contributed by atoms with Crippen LogP contribution >= 0.6 is 0 Å². The van der Waals surface area contributed by atoms with Gasteiger partial charge in [-0.15, -0.1) is 0 Å². The highest BCUT2D eigenvalue weighted by Crippen LogP contribution is 2.58. The first-order chi connectivity index (χ1) is 31.5. The number of para-hydroxylation sites is 2. The normalized spacial score (nSPS) is 15.3. The predicted molar refractivity (Wildman–Crippen MR) is 290 cm³/mol. The molecule has 0 unspecified atom stereocenters. The van der Waals surface area contributed by atoms with E-state index in [1.165, 1.54) is 100 Å². The fourth-order valence-electron chi connectivity index (χ4n) is 11.6. The van der Waals surface area contributed by atoms with Gasteiger partial charge in [0, 0.05) is 66.8 Å². The van der Waals surface area contributed by atoms with Crippen molar-refractivity contribution < 1.29 is 0 Å². The van der Waals surface area contributed by atoms with Gasteiger partial charge in [-0.2, -0.15) is 0 Å². The topological polar surface area (TPSA) is 11.4 Å². The summed E-state index contributed by atoms with van der Waals surface area (Å²) in [6.07, 6.45) is 0. The van der Waals surface area contributed by atoms with E-state index in [-0.39, 0.29) is 33.9 Å². The molecule has 4 heteroatoms. The van der Waals surface area contributed by atoms with Crippen molar-refractivity contribution in [2.75, 3.05) is 9.80 Å². The standard InChI is InChI=1S/C63H66BN3/c1-59(2,3)39-28-31-45(32-29-39)66-53-38-42(62(10,11)12)35-46-47-36-41(61(7,8)9)37-49-54-51(65(43-22-17-15-18-23-43)44-24-19-16-20-25-44)26-21-27-52(54)67(56(47)49)64(55(46)53)58-57(66)48-34-40(60(4,5)6)30-33-50(48)63(58,13)14/h15-38H,1-14H3. The Balaban J connectivity index is 1.34. The number of benzene rings is 7. The maximum Gasteiger partial charge on any atom is 0.329 e. The summed E-state index contributed by atoms with van der Waals surface area (Å²) in [6, 6.07) is 56.1. The fraction of sp³-hybridized carbons (Fsp3) is 0.302. The van der Waals surface area contributed by atoms with E-state index < -0.39 is 0 Å². The van der Waals surface area contributed by atoms with Crippen LogP contribution in [0.25, 0.3) is 38.6 Å². The van der Waals surface area contributed by atoms with Crippen LogP contribution in [0.15, 0.2) is 151 Å². The maximum absolute atomic E-state index is 2.79. The molecule has 0 fully saturated rings. The molecule has 67 heavy (non-hydrogen) atoms. The SMILES string of the molecule is CC(C)(C)c1ccc(N2C3=C(B4c5c(cc(C(C)(C)C)cc52)-c2cc(C(C)(C)C)cc5c6c(N(c7ccccc7)c7ccccc7)cccc6n4c25)C(C)(C)c2ccc(C(C)(C)C)cc23)cc1. The zero-order valence-corrected chi connectivity index (χ0v) is 42.3. The van der Waals surface area contributed by atoms with Crippen LogP contribution in [-0.2, 0) is 27.1 Å². The Morgan fingerprint density at radius 3 is 1.61 bits per heavy atom. The van der Waals surface area contributed by atoms with E-state index in [0.29, 0.717) is 0 Å². The summed E-state index contributed by atoms with van der Waals surface area (Å²) in [4.78, 5) is 5.16. The minimum absolute atomic E-state index is 0.0159. The smallest absolute Gasteiger partial charge is 0.329 e. The highest BCUT2D eigenvalue weighted by Gasteiger charge is 2.53. The van der Waals surface area contributed by atoms with Crippen molar-refractivity contribution in [2.24, 2.45) is 0 Å². The number of hydrogen-bond donors (Lipinski definition) is 0. The highest BCUT2D eigenvalue weighted by atomic mass is 15.2. The fourth-order valence-corrected chi connectivity index (χ4v) is 11.6. The molecule has 0 bridgehead atoms. The summed E-state index contributed by atoms with van der Waals surface area (Å²) in [5, 5.41) is 2.59. The van der Waals surface area contributed by atoms with Crippen LogP contribution in [0.1, 0.15) is 130 Å². The molecule has 0 saturated carbocycles. The van der Waals surface area contributed by atoms with Crippen LogP contribution in [0.5, 0.6) is 0 Å². The third-order valence-corrected chi connectivity index (χ3v) is 15.4. The van der Waals surface area contributed by atoms with Gasteiger partial charge < -0.3 is 14.3 Å². The van der Waals surface area contributed by atoms with Crippen molar-refractivity contribution in [1.29, 1.82) is 0 Å². The second-order valence-corrected chi connectivity index (χ2v) is 24.4. The van der Waals surface area contributed by atoms with Crippen LogP contribution in [0.3, 0.4) is 0 Å². The van der Waals surface area contributed by atoms with Crippen LogP contribution < -0.4 is 15.3 Å². The second-order valence-electron chi connectivity index (χ2n) is 24.4. The molecular formula is C63H66BN3. The number of nitrogens with zero attached hydrogens (tertiary/aromatic N) is 3. The van der Waals surface area contributed by atoms with Gasteiger partial charge in [0.05, 0.1) is 5.69 Å². The number of aromatic nitrogens is 1. The minimum Gasteiger partial charge on any atom is -0.375 e. The molecule has 1 aliphatic carbocycles. The number of allylic oxidation sites excluding steroid dienone is 1. The average molecular weight is 876 g/mol. The lowest BCUT2D eigenvalue weighted by Gasteiger charge is -2.44. The largest absolute Gasteiger partial charge is 0.375 e.